The van der Waals surface area contributed by atoms with E-state index in [9.17, 15) is 9.59 Å². The standard InChI is InChI=1S/C23H29N3O3/c1-17-4-7-20(14-18(17)2)23(28)24-15-22(27)25(3)16-19-5-8-21(9-6-19)26-10-12-29-13-11-26/h4-9,14H,10-13,15-16H2,1-3H3,(H,24,28). The van der Waals surface area contributed by atoms with Gasteiger partial charge in [-0.25, -0.2) is 0 Å². The van der Waals surface area contributed by atoms with E-state index in [0.717, 1.165) is 43.0 Å². The minimum absolute atomic E-state index is 0.0197. The Morgan fingerprint density at radius 2 is 1.72 bits per heavy atom. The second kappa shape index (κ2) is 9.56. The monoisotopic (exact) mass is 395 g/mol. The molecule has 1 aliphatic rings. The van der Waals surface area contributed by atoms with Crippen LogP contribution in [0.3, 0.4) is 0 Å². The zero-order valence-corrected chi connectivity index (χ0v) is 17.4. The van der Waals surface area contributed by atoms with Crippen molar-refractivity contribution in [3.8, 4) is 0 Å². The van der Waals surface area contributed by atoms with E-state index in [4.69, 9.17) is 4.74 Å². The second-order valence-electron chi connectivity index (χ2n) is 7.50. The zero-order chi connectivity index (χ0) is 20.8. The van der Waals surface area contributed by atoms with Gasteiger partial charge in [0, 0.05) is 37.9 Å². The lowest BCUT2D eigenvalue weighted by Crippen LogP contribution is -2.38. The summed E-state index contributed by atoms with van der Waals surface area (Å²) in [5, 5.41) is 2.72. The lowest BCUT2D eigenvalue weighted by molar-refractivity contribution is -0.129. The Hall–Kier alpha value is -2.86. The first-order valence-corrected chi connectivity index (χ1v) is 9.95. The fourth-order valence-electron chi connectivity index (χ4n) is 3.27. The van der Waals surface area contributed by atoms with Crippen LogP contribution in [0.15, 0.2) is 42.5 Å². The number of rotatable bonds is 6. The van der Waals surface area contributed by atoms with Gasteiger partial charge >= 0.3 is 0 Å². The second-order valence-corrected chi connectivity index (χ2v) is 7.50. The molecule has 3 rings (SSSR count). The van der Waals surface area contributed by atoms with Crippen molar-refractivity contribution in [2.24, 2.45) is 0 Å². The quantitative estimate of drug-likeness (QED) is 0.817. The number of likely N-dealkylation sites (N-methyl/N-ethyl adjacent to an activating group) is 1. The molecule has 1 aliphatic heterocycles. The van der Waals surface area contributed by atoms with Crippen LogP contribution in [0.25, 0.3) is 0 Å². The van der Waals surface area contributed by atoms with Gasteiger partial charge in [-0.05, 0) is 54.8 Å². The summed E-state index contributed by atoms with van der Waals surface area (Å²) in [6.45, 7) is 7.77. The predicted molar refractivity (Wildman–Crippen MR) is 114 cm³/mol. The van der Waals surface area contributed by atoms with Crippen LogP contribution in [0.5, 0.6) is 0 Å². The van der Waals surface area contributed by atoms with Crippen molar-refractivity contribution in [1.82, 2.24) is 10.2 Å². The highest BCUT2D eigenvalue weighted by molar-refractivity contribution is 5.96. The largest absolute Gasteiger partial charge is 0.378 e. The van der Waals surface area contributed by atoms with Crippen LogP contribution in [-0.2, 0) is 16.1 Å². The maximum atomic E-state index is 12.4. The molecule has 0 bridgehead atoms. The first-order valence-electron chi connectivity index (χ1n) is 9.95. The van der Waals surface area contributed by atoms with E-state index in [0.29, 0.717) is 12.1 Å². The highest BCUT2D eigenvalue weighted by Gasteiger charge is 2.14. The van der Waals surface area contributed by atoms with Crippen LogP contribution in [0.2, 0.25) is 0 Å². The van der Waals surface area contributed by atoms with Crippen LogP contribution in [-0.4, -0.2) is 56.6 Å². The van der Waals surface area contributed by atoms with E-state index >= 15 is 0 Å². The molecule has 1 N–H and O–H groups in total. The maximum Gasteiger partial charge on any atom is 0.251 e. The lowest BCUT2D eigenvalue weighted by Gasteiger charge is -2.29. The summed E-state index contributed by atoms with van der Waals surface area (Å²) < 4.78 is 5.39. The molecule has 2 amide bonds. The molecule has 6 nitrogen and oxygen atoms in total. The van der Waals surface area contributed by atoms with E-state index < -0.39 is 0 Å². The Bertz CT molecular complexity index is 858. The molecule has 0 aliphatic carbocycles. The number of benzene rings is 2. The minimum Gasteiger partial charge on any atom is -0.378 e. The molecule has 154 valence electrons. The molecule has 1 heterocycles. The third-order valence-electron chi connectivity index (χ3n) is 5.33. The summed E-state index contributed by atoms with van der Waals surface area (Å²) in [6, 6.07) is 13.8. The van der Waals surface area contributed by atoms with E-state index in [2.05, 4.69) is 22.3 Å². The Morgan fingerprint density at radius 1 is 1.03 bits per heavy atom. The van der Waals surface area contributed by atoms with Crippen LogP contribution < -0.4 is 10.2 Å². The molecule has 0 saturated carbocycles. The molecule has 1 fully saturated rings. The Labute approximate surface area is 172 Å². The maximum absolute atomic E-state index is 12.4. The van der Waals surface area contributed by atoms with Gasteiger partial charge in [0.15, 0.2) is 0 Å². The molecular weight excluding hydrogens is 366 g/mol. The number of anilines is 1. The Balaban J connectivity index is 1.49. The fourth-order valence-corrected chi connectivity index (χ4v) is 3.27. The third-order valence-corrected chi connectivity index (χ3v) is 5.33. The topological polar surface area (TPSA) is 61.9 Å². The molecule has 2 aromatic rings. The number of morpholine rings is 1. The summed E-state index contributed by atoms with van der Waals surface area (Å²) >= 11 is 0. The van der Waals surface area contributed by atoms with Gasteiger partial charge in [0.2, 0.25) is 5.91 Å². The number of hydrogen-bond acceptors (Lipinski definition) is 4. The van der Waals surface area contributed by atoms with Crippen molar-refractivity contribution in [2.75, 3.05) is 44.8 Å². The van der Waals surface area contributed by atoms with Crippen LogP contribution in [0, 0.1) is 13.8 Å². The van der Waals surface area contributed by atoms with Gasteiger partial charge in [-0.3, -0.25) is 9.59 Å². The number of hydrogen-bond donors (Lipinski definition) is 1. The molecule has 0 radical (unpaired) electrons. The van der Waals surface area contributed by atoms with Crippen molar-refractivity contribution in [1.29, 1.82) is 0 Å². The van der Waals surface area contributed by atoms with Crippen molar-refractivity contribution in [2.45, 2.75) is 20.4 Å². The lowest BCUT2D eigenvalue weighted by atomic mass is 10.1. The molecule has 0 spiro atoms. The number of ether oxygens (including phenoxy) is 1. The summed E-state index contributed by atoms with van der Waals surface area (Å²) in [5.41, 5.74) is 4.99. The minimum atomic E-state index is -0.232. The molecule has 1 saturated heterocycles. The molecule has 0 atom stereocenters. The van der Waals surface area contributed by atoms with E-state index in [1.165, 1.54) is 5.69 Å². The van der Waals surface area contributed by atoms with Gasteiger partial charge in [-0.15, -0.1) is 0 Å². The van der Waals surface area contributed by atoms with Gasteiger partial charge in [0.05, 0.1) is 19.8 Å². The van der Waals surface area contributed by atoms with Gasteiger partial charge in [-0.2, -0.15) is 0 Å². The summed E-state index contributed by atoms with van der Waals surface area (Å²) in [5.74, 6) is -0.357. The van der Waals surface area contributed by atoms with E-state index in [1.54, 1.807) is 18.0 Å². The number of amides is 2. The molecule has 0 aromatic heterocycles. The molecular formula is C23H29N3O3. The predicted octanol–water partition coefficient (Wildman–Crippen LogP) is 2.53. The number of carbonyl (C=O) groups excluding carboxylic acids is 2. The summed E-state index contributed by atoms with van der Waals surface area (Å²) in [4.78, 5) is 28.6. The molecule has 2 aromatic carbocycles. The van der Waals surface area contributed by atoms with Crippen LogP contribution in [0.1, 0.15) is 27.0 Å². The van der Waals surface area contributed by atoms with Crippen LogP contribution >= 0.6 is 0 Å². The normalized spacial score (nSPS) is 13.8. The van der Waals surface area contributed by atoms with Crippen molar-refractivity contribution >= 4 is 17.5 Å². The third kappa shape index (κ3) is 5.57. The van der Waals surface area contributed by atoms with Gasteiger partial charge < -0.3 is 19.9 Å². The van der Waals surface area contributed by atoms with Crippen molar-refractivity contribution < 1.29 is 14.3 Å². The smallest absolute Gasteiger partial charge is 0.251 e. The summed E-state index contributed by atoms with van der Waals surface area (Å²) in [7, 11) is 1.75. The van der Waals surface area contributed by atoms with E-state index in [1.807, 2.05) is 38.1 Å². The molecule has 6 heteroatoms. The fraction of sp³-hybridized carbons (Fsp3) is 0.391. The Morgan fingerprint density at radius 3 is 2.38 bits per heavy atom. The van der Waals surface area contributed by atoms with Crippen molar-refractivity contribution in [3.63, 3.8) is 0 Å². The SMILES string of the molecule is Cc1ccc(C(=O)NCC(=O)N(C)Cc2ccc(N3CCOCC3)cc2)cc1C. The van der Waals surface area contributed by atoms with Gasteiger partial charge in [0.25, 0.3) is 5.91 Å². The van der Waals surface area contributed by atoms with Gasteiger partial charge in [-0.1, -0.05) is 18.2 Å². The molecule has 0 unspecified atom stereocenters. The first-order chi connectivity index (χ1) is 13.9. The molecule has 29 heavy (non-hydrogen) atoms. The average Bonchev–Trinajstić information content (AvgIpc) is 2.74. The zero-order valence-electron chi connectivity index (χ0n) is 17.4. The van der Waals surface area contributed by atoms with Crippen LogP contribution in [0.4, 0.5) is 5.69 Å². The number of carbonyl (C=O) groups is 2. The van der Waals surface area contributed by atoms with Crippen molar-refractivity contribution in [3.05, 3.63) is 64.7 Å². The highest BCUT2D eigenvalue weighted by atomic mass is 16.5. The Kier molecular flexibility index (Phi) is 6.88. The average molecular weight is 396 g/mol. The van der Waals surface area contributed by atoms with Gasteiger partial charge in [0.1, 0.15) is 0 Å². The number of nitrogens with one attached hydrogen (secondary N) is 1. The van der Waals surface area contributed by atoms with E-state index in [-0.39, 0.29) is 18.4 Å². The highest BCUT2D eigenvalue weighted by Crippen LogP contribution is 2.17. The number of nitrogens with zero attached hydrogens (tertiary/aromatic N) is 2. The number of aryl methyl sites for hydroxylation is 2. The summed E-state index contributed by atoms with van der Waals surface area (Å²) in [6.07, 6.45) is 0. The first kappa shape index (κ1) is 20.9.